The highest BCUT2D eigenvalue weighted by atomic mass is 16.4. The molecule has 2 nitrogen and oxygen atoms in total. The van der Waals surface area contributed by atoms with Gasteiger partial charge in [-0.05, 0) is 19.8 Å². The van der Waals surface area contributed by atoms with Gasteiger partial charge in [0.05, 0.1) is 0 Å². The van der Waals surface area contributed by atoms with Crippen LogP contribution in [0.3, 0.4) is 0 Å². The Bertz CT molecular complexity index is 207. The van der Waals surface area contributed by atoms with Gasteiger partial charge in [0.1, 0.15) is 0 Å². The Morgan fingerprint density at radius 3 is 2.00 bits per heavy atom. The second-order valence-electron chi connectivity index (χ2n) is 4.46. The number of allylic oxidation sites excluding steroid dienone is 1. The molecular formula is C14H26O2. The zero-order chi connectivity index (χ0) is 12.2. The Hall–Kier alpha value is -0.790. The minimum absolute atomic E-state index is 0.475. The molecular weight excluding hydrogens is 200 g/mol. The Labute approximate surface area is 99.7 Å². The Balaban J connectivity index is 3.21. The first-order chi connectivity index (χ1) is 7.68. The number of aliphatic carboxylic acids is 1. The molecule has 0 spiro atoms. The monoisotopic (exact) mass is 226 g/mol. The maximum Gasteiger partial charge on any atom is 0.330 e. The van der Waals surface area contributed by atoms with Crippen molar-refractivity contribution in [2.24, 2.45) is 0 Å². The molecule has 0 saturated carbocycles. The SMILES string of the molecule is CCCCCCCCCC/C=C(/C)C(=O)O. The number of rotatable bonds is 10. The smallest absolute Gasteiger partial charge is 0.330 e. The predicted molar refractivity (Wildman–Crippen MR) is 68.6 cm³/mol. The molecule has 0 rings (SSSR count). The van der Waals surface area contributed by atoms with Crippen molar-refractivity contribution in [1.29, 1.82) is 0 Å². The van der Waals surface area contributed by atoms with Crippen molar-refractivity contribution < 1.29 is 9.90 Å². The van der Waals surface area contributed by atoms with Crippen LogP contribution in [0.2, 0.25) is 0 Å². The molecule has 0 radical (unpaired) electrons. The summed E-state index contributed by atoms with van der Waals surface area (Å²) >= 11 is 0. The van der Waals surface area contributed by atoms with Gasteiger partial charge in [0.2, 0.25) is 0 Å². The van der Waals surface area contributed by atoms with E-state index in [1.165, 1.54) is 44.9 Å². The largest absolute Gasteiger partial charge is 0.478 e. The standard InChI is InChI=1S/C14H26O2/c1-3-4-5-6-7-8-9-10-11-12-13(2)14(15)16/h12H,3-11H2,1-2H3,(H,15,16)/b13-12-. The average molecular weight is 226 g/mol. The zero-order valence-electron chi connectivity index (χ0n) is 10.8. The second-order valence-corrected chi connectivity index (χ2v) is 4.46. The van der Waals surface area contributed by atoms with Gasteiger partial charge < -0.3 is 5.11 Å². The van der Waals surface area contributed by atoms with E-state index in [0.717, 1.165) is 12.8 Å². The summed E-state index contributed by atoms with van der Waals surface area (Å²) < 4.78 is 0. The minimum Gasteiger partial charge on any atom is -0.478 e. The molecule has 0 fully saturated rings. The number of hydrogen-bond donors (Lipinski definition) is 1. The first kappa shape index (κ1) is 15.2. The zero-order valence-corrected chi connectivity index (χ0v) is 10.8. The van der Waals surface area contributed by atoms with Crippen LogP contribution in [0.4, 0.5) is 0 Å². The van der Waals surface area contributed by atoms with Crippen molar-refractivity contribution in [3.63, 3.8) is 0 Å². The van der Waals surface area contributed by atoms with Gasteiger partial charge in [0.15, 0.2) is 0 Å². The van der Waals surface area contributed by atoms with E-state index in [1.807, 2.05) is 6.08 Å². The summed E-state index contributed by atoms with van der Waals surface area (Å²) in [6.07, 6.45) is 13.1. The van der Waals surface area contributed by atoms with Gasteiger partial charge in [-0.25, -0.2) is 4.79 Å². The third-order valence-electron chi connectivity index (χ3n) is 2.85. The molecule has 0 aromatic carbocycles. The Kier molecular flexibility index (Phi) is 10.2. The van der Waals surface area contributed by atoms with E-state index in [0.29, 0.717) is 5.57 Å². The molecule has 0 aliphatic rings. The van der Waals surface area contributed by atoms with E-state index in [9.17, 15) is 4.79 Å². The third-order valence-corrected chi connectivity index (χ3v) is 2.85. The molecule has 0 aliphatic carbocycles. The summed E-state index contributed by atoms with van der Waals surface area (Å²) in [5, 5.41) is 8.64. The average Bonchev–Trinajstić information content (AvgIpc) is 2.26. The molecule has 0 amide bonds. The highest BCUT2D eigenvalue weighted by molar-refractivity contribution is 5.85. The van der Waals surface area contributed by atoms with E-state index >= 15 is 0 Å². The van der Waals surface area contributed by atoms with E-state index in [-0.39, 0.29) is 0 Å². The quantitative estimate of drug-likeness (QED) is 0.438. The predicted octanol–water partition coefficient (Wildman–Crippen LogP) is 4.55. The molecule has 0 atom stereocenters. The molecule has 2 heteroatoms. The molecule has 0 saturated heterocycles. The van der Waals surface area contributed by atoms with Crippen molar-refractivity contribution in [2.45, 2.75) is 71.6 Å². The number of carboxylic acids is 1. The van der Waals surface area contributed by atoms with Crippen molar-refractivity contribution in [2.75, 3.05) is 0 Å². The summed E-state index contributed by atoms with van der Waals surface area (Å²) in [4.78, 5) is 10.5. The Morgan fingerprint density at radius 2 is 1.50 bits per heavy atom. The Morgan fingerprint density at radius 1 is 1.00 bits per heavy atom. The van der Waals surface area contributed by atoms with Gasteiger partial charge in [-0.1, -0.05) is 57.9 Å². The molecule has 0 heterocycles. The van der Waals surface area contributed by atoms with Crippen LogP contribution in [0, 0.1) is 0 Å². The fourth-order valence-corrected chi connectivity index (χ4v) is 1.68. The lowest BCUT2D eigenvalue weighted by Crippen LogP contribution is -1.95. The van der Waals surface area contributed by atoms with Crippen LogP contribution in [-0.2, 0) is 4.79 Å². The summed E-state index contributed by atoms with van der Waals surface area (Å²) in [5.41, 5.74) is 0.475. The topological polar surface area (TPSA) is 37.3 Å². The number of hydrogen-bond acceptors (Lipinski definition) is 1. The molecule has 16 heavy (non-hydrogen) atoms. The van der Waals surface area contributed by atoms with Crippen LogP contribution >= 0.6 is 0 Å². The molecule has 0 aromatic heterocycles. The van der Waals surface area contributed by atoms with Crippen LogP contribution in [0.5, 0.6) is 0 Å². The lowest BCUT2D eigenvalue weighted by molar-refractivity contribution is -0.132. The van der Waals surface area contributed by atoms with Crippen LogP contribution in [0.1, 0.15) is 71.6 Å². The summed E-state index contributed by atoms with van der Waals surface area (Å²) in [5.74, 6) is -0.792. The highest BCUT2D eigenvalue weighted by Crippen LogP contribution is 2.10. The van der Waals surface area contributed by atoms with Gasteiger partial charge in [0.25, 0.3) is 0 Å². The van der Waals surface area contributed by atoms with E-state index < -0.39 is 5.97 Å². The third kappa shape index (κ3) is 9.75. The van der Waals surface area contributed by atoms with Gasteiger partial charge in [-0.15, -0.1) is 0 Å². The molecule has 0 unspecified atom stereocenters. The number of carbonyl (C=O) groups is 1. The maximum atomic E-state index is 10.5. The molecule has 0 aliphatic heterocycles. The lowest BCUT2D eigenvalue weighted by Gasteiger charge is -2.00. The number of unbranched alkanes of at least 4 members (excludes halogenated alkanes) is 8. The fraction of sp³-hybridized carbons (Fsp3) is 0.786. The van der Waals surface area contributed by atoms with Gasteiger partial charge in [-0.3, -0.25) is 0 Å². The first-order valence-electron chi connectivity index (χ1n) is 6.58. The summed E-state index contributed by atoms with van der Waals surface area (Å²) in [6.45, 7) is 3.89. The van der Waals surface area contributed by atoms with Gasteiger partial charge in [0, 0.05) is 5.57 Å². The normalized spacial score (nSPS) is 11.8. The minimum atomic E-state index is -0.792. The summed E-state index contributed by atoms with van der Waals surface area (Å²) in [6, 6.07) is 0. The van der Waals surface area contributed by atoms with Crippen molar-refractivity contribution in [3.05, 3.63) is 11.6 Å². The highest BCUT2D eigenvalue weighted by Gasteiger charge is 1.97. The first-order valence-corrected chi connectivity index (χ1v) is 6.58. The van der Waals surface area contributed by atoms with Crippen molar-refractivity contribution >= 4 is 5.97 Å². The van der Waals surface area contributed by atoms with E-state index in [4.69, 9.17) is 5.11 Å². The van der Waals surface area contributed by atoms with Crippen LogP contribution < -0.4 is 0 Å². The molecule has 0 aromatic rings. The van der Waals surface area contributed by atoms with Crippen molar-refractivity contribution in [1.82, 2.24) is 0 Å². The van der Waals surface area contributed by atoms with E-state index in [2.05, 4.69) is 6.92 Å². The van der Waals surface area contributed by atoms with E-state index in [1.54, 1.807) is 6.92 Å². The van der Waals surface area contributed by atoms with Crippen molar-refractivity contribution in [3.8, 4) is 0 Å². The van der Waals surface area contributed by atoms with Crippen LogP contribution in [0.15, 0.2) is 11.6 Å². The molecule has 1 N–H and O–H groups in total. The summed E-state index contributed by atoms with van der Waals surface area (Å²) in [7, 11) is 0. The number of carboxylic acid groups (broad SMARTS) is 1. The van der Waals surface area contributed by atoms with Crippen LogP contribution in [-0.4, -0.2) is 11.1 Å². The van der Waals surface area contributed by atoms with Gasteiger partial charge in [-0.2, -0.15) is 0 Å². The molecule has 94 valence electrons. The maximum absolute atomic E-state index is 10.5. The second kappa shape index (κ2) is 10.7. The molecule has 0 bridgehead atoms. The lowest BCUT2D eigenvalue weighted by atomic mass is 10.1. The van der Waals surface area contributed by atoms with Gasteiger partial charge >= 0.3 is 5.97 Å². The fourth-order valence-electron chi connectivity index (χ4n) is 1.68. The van der Waals surface area contributed by atoms with Crippen LogP contribution in [0.25, 0.3) is 0 Å².